The molecule has 0 bridgehead atoms. The molecule has 0 aliphatic carbocycles. The van der Waals surface area contributed by atoms with Crippen LogP contribution in [0.4, 0.5) is 0 Å². The maximum atomic E-state index is 11.4. The largest absolute Gasteiger partial charge is 0.336 e. The Kier molecular flexibility index (Phi) is 3.09. The zero-order valence-electron chi connectivity index (χ0n) is 7.33. The molecule has 66 valence electrons. The SMILES string of the molecule is C=CCC(=O)N1CCC[C@H]1C=C. The van der Waals surface area contributed by atoms with Crippen LogP contribution in [0.5, 0.6) is 0 Å². The zero-order valence-corrected chi connectivity index (χ0v) is 7.33. The van der Waals surface area contributed by atoms with Gasteiger partial charge in [0.15, 0.2) is 0 Å². The molecule has 12 heavy (non-hydrogen) atoms. The summed E-state index contributed by atoms with van der Waals surface area (Å²) >= 11 is 0. The van der Waals surface area contributed by atoms with E-state index in [1.807, 2.05) is 11.0 Å². The van der Waals surface area contributed by atoms with Crippen molar-refractivity contribution in [3.63, 3.8) is 0 Å². The van der Waals surface area contributed by atoms with Gasteiger partial charge in [0.2, 0.25) is 5.91 Å². The summed E-state index contributed by atoms with van der Waals surface area (Å²) in [5, 5.41) is 0. The van der Waals surface area contributed by atoms with E-state index in [1.165, 1.54) is 0 Å². The van der Waals surface area contributed by atoms with Crippen molar-refractivity contribution >= 4 is 5.91 Å². The van der Waals surface area contributed by atoms with E-state index in [4.69, 9.17) is 0 Å². The first-order chi connectivity index (χ1) is 5.79. The Morgan fingerprint density at radius 2 is 2.33 bits per heavy atom. The van der Waals surface area contributed by atoms with E-state index in [0.29, 0.717) is 6.42 Å². The van der Waals surface area contributed by atoms with Crippen molar-refractivity contribution in [3.05, 3.63) is 25.3 Å². The second-order valence-corrected chi connectivity index (χ2v) is 3.03. The third-order valence-corrected chi connectivity index (χ3v) is 2.21. The van der Waals surface area contributed by atoms with Crippen molar-refractivity contribution in [2.24, 2.45) is 0 Å². The highest BCUT2D eigenvalue weighted by Crippen LogP contribution is 2.18. The van der Waals surface area contributed by atoms with Gasteiger partial charge in [-0.3, -0.25) is 4.79 Å². The fourth-order valence-electron chi connectivity index (χ4n) is 1.59. The second-order valence-electron chi connectivity index (χ2n) is 3.03. The van der Waals surface area contributed by atoms with Gasteiger partial charge in [-0.1, -0.05) is 12.2 Å². The number of carbonyl (C=O) groups excluding carboxylic acids is 1. The molecule has 0 unspecified atom stereocenters. The first kappa shape index (κ1) is 9.04. The van der Waals surface area contributed by atoms with E-state index in [9.17, 15) is 4.79 Å². The number of hydrogen-bond acceptors (Lipinski definition) is 1. The molecule has 2 heteroatoms. The molecule has 0 saturated carbocycles. The highest BCUT2D eigenvalue weighted by atomic mass is 16.2. The third kappa shape index (κ3) is 1.76. The zero-order chi connectivity index (χ0) is 8.97. The molecule has 0 N–H and O–H groups in total. The van der Waals surface area contributed by atoms with Crippen molar-refractivity contribution in [2.45, 2.75) is 25.3 Å². The first-order valence-electron chi connectivity index (χ1n) is 4.32. The molecule has 0 aromatic carbocycles. The van der Waals surface area contributed by atoms with E-state index in [2.05, 4.69) is 13.2 Å². The van der Waals surface area contributed by atoms with Gasteiger partial charge >= 0.3 is 0 Å². The van der Waals surface area contributed by atoms with E-state index in [1.54, 1.807) is 6.08 Å². The summed E-state index contributed by atoms with van der Waals surface area (Å²) in [6.07, 6.45) is 6.12. The standard InChI is InChI=1S/C10H15NO/c1-3-6-10(12)11-8-5-7-9(11)4-2/h3-4,9H,1-2,5-8H2/t9-/m1/s1. The minimum absolute atomic E-state index is 0.174. The Balaban J connectivity index is 2.54. The molecular formula is C10H15NO. The molecule has 1 aliphatic rings. The lowest BCUT2D eigenvalue weighted by molar-refractivity contribution is -0.130. The average molecular weight is 165 g/mol. The number of rotatable bonds is 3. The van der Waals surface area contributed by atoms with Crippen LogP contribution < -0.4 is 0 Å². The van der Waals surface area contributed by atoms with E-state index < -0.39 is 0 Å². The fraction of sp³-hybridized carbons (Fsp3) is 0.500. The summed E-state index contributed by atoms with van der Waals surface area (Å²) in [5.41, 5.74) is 0. The van der Waals surface area contributed by atoms with Crippen molar-refractivity contribution in [2.75, 3.05) is 6.54 Å². The van der Waals surface area contributed by atoms with Gasteiger partial charge in [-0.2, -0.15) is 0 Å². The number of amides is 1. The molecule has 1 atom stereocenters. The van der Waals surface area contributed by atoms with Crippen LogP contribution >= 0.6 is 0 Å². The molecule has 0 radical (unpaired) electrons. The second kappa shape index (κ2) is 4.10. The number of nitrogens with zero attached hydrogens (tertiary/aromatic N) is 1. The van der Waals surface area contributed by atoms with Crippen molar-refractivity contribution in [1.29, 1.82) is 0 Å². The topological polar surface area (TPSA) is 20.3 Å². The third-order valence-electron chi connectivity index (χ3n) is 2.21. The molecule has 1 heterocycles. The van der Waals surface area contributed by atoms with Gasteiger partial charge in [0.25, 0.3) is 0 Å². The lowest BCUT2D eigenvalue weighted by Gasteiger charge is -2.21. The van der Waals surface area contributed by atoms with Crippen molar-refractivity contribution in [3.8, 4) is 0 Å². The highest BCUT2D eigenvalue weighted by Gasteiger charge is 2.24. The van der Waals surface area contributed by atoms with Crippen LogP contribution in [-0.2, 0) is 4.79 Å². The lowest BCUT2D eigenvalue weighted by atomic mass is 10.2. The van der Waals surface area contributed by atoms with Crippen LogP contribution in [0.2, 0.25) is 0 Å². The van der Waals surface area contributed by atoms with Gasteiger partial charge in [-0.15, -0.1) is 13.2 Å². The minimum Gasteiger partial charge on any atom is -0.336 e. The monoisotopic (exact) mass is 165 g/mol. The van der Waals surface area contributed by atoms with Crippen LogP contribution in [0.25, 0.3) is 0 Å². The van der Waals surface area contributed by atoms with Gasteiger partial charge in [0.05, 0.1) is 0 Å². The van der Waals surface area contributed by atoms with Crippen LogP contribution in [0.1, 0.15) is 19.3 Å². The van der Waals surface area contributed by atoms with Gasteiger partial charge in [0, 0.05) is 19.0 Å². The minimum atomic E-state index is 0.174. The molecule has 0 aromatic rings. The molecule has 1 aliphatic heterocycles. The first-order valence-corrected chi connectivity index (χ1v) is 4.32. The molecule has 1 saturated heterocycles. The molecular weight excluding hydrogens is 150 g/mol. The van der Waals surface area contributed by atoms with Crippen molar-refractivity contribution in [1.82, 2.24) is 4.90 Å². The summed E-state index contributed by atoms with van der Waals surface area (Å²) in [6.45, 7) is 8.14. The maximum absolute atomic E-state index is 11.4. The average Bonchev–Trinajstić information content (AvgIpc) is 2.51. The number of likely N-dealkylation sites (tertiary alicyclic amines) is 1. The Morgan fingerprint density at radius 3 is 2.92 bits per heavy atom. The molecule has 1 rings (SSSR count). The van der Waals surface area contributed by atoms with Crippen LogP contribution in [0.3, 0.4) is 0 Å². The van der Waals surface area contributed by atoms with E-state index >= 15 is 0 Å². The predicted octanol–water partition coefficient (Wildman–Crippen LogP) is 1.74. The maximum Gasteiger partial charge on any atom is 0.226 e. The van der Waals surface area contributed by atoms with Gasteiger partial charge in [-0.05, 0) is 12.8 Å². The quantitative estimate of drug-likeness (QED) is 0.583. The van der Waals surface area contributed by atoms with Gasteiger partial charge < -0.3 is 4.90 Å². The van der Waals surface area contributed by atoms with Crippen LogP contribution in [0, 0.1) is 0 Å². The number of carbonyl (C=O) groups is 1. The van der Waals surface area contributed by atoms with Gasteiger partial charge in [-0.25, -0.2) is 0 Å². The summed E-state index contributed by atoms with van der Waals surface area (Å²) in [7, 11) is 0. The highest BCUT2D eigenvalue weighted by molar-refractivity contribution is 5.78. The summed E-state index contributed by atoms with van der Waals surface area (Å²) < 4.78 is 0. The lowest BCUT2D eigenvalue weighted by Crippen LogP contribution is -2.33. The van der Waals surface area contributed by atoms with E-state index in [0.717, 1.165) is 19.4 Å². The molecule has 1 fully saturated rings. The number of hydrogen-bond donors (Lipinski definition) is 0. The molecule has 1 amide bonds. The van der Waals surface area contributed by atoms with Gasteiger partial charge in [0.1, 0.15) is 0 Å². The summed E-state index contributed by atoms with van der Waals surface area (Å²) in [4.78, 5) is 13.3. The smallest absolute Gasteiger partial charge is 0.226 e. The Labute approximate surface area is 73.6 Å². The Bertz CT molecular complexity index is 198. The van der Waals surface area contributed by atoms with Crippen LogP contribution in [0.15, 0.2) is 25.3 Å². The fourth-order valence-corrected chi connectivity index (χ4v) is 1.59. The normalized spacial score (nSPS) is 22.3. The van der Waals surface area contributed by atoms with Crippen LogP contribution in [-0.4, -0.2) is 23.4 Å². The predicted molar refractivity (Wildman–Crippen MR) is 49.7 cm³/mol. The summed E-state index contributed by atoms with van der Waals surface area (Å²) in [6, 6.07) is 0.262. The molecule has 0 aromatic heterocycles. The molecule has 2 nitrogen and oxygen atoms in total. The molecule has 0 spiro atoms. The Hall–Kier alpha value is -1.05. The Morgan fingerprint density at radius 1 is 1.58 bits per heavy atom. The van der Waals surface area contributed by atoms with E-state index in [-0.39, 0.29) is 11.9 Å². The summed E-state index contributed by atoms with van der Waals surface area (Å²) in [5.74, 6) is 0.174. The van der Waals surface area contributed by atoms with Crippen molar-refractivity contribution < 1.29 is 4.79 Å².